The van der Waals surface area contributed by atoms with Crippen molar-refractivity contribution in [1.29, 1.82) is 0 Å². The third kappa shape index (κ3) is 3.98. The summed E-state index contributed by atoms with van der Waals surface area (Å²) in [6.45, 7) is 0.953. The van der Waals surface area contributed by atoms with E-state index in [9.17, 15) is 19.2 Å². The highest BCUT2D eigenvalue weighted by Crippen LogP contribution is 2.28. The number of halogens is 1. The number of hydrogen-bond donors (Lipinski definition) is 1. The zero-order valence-corrected chi connectivity index (χ0v) is 15.0. The SMILES string of the molecule is C[C@@H](OC(=O)CN1C(=O)C(=O)c2ccccc21)C(=O)Nc1ccc(Cl)cc1. The largest absolute Gasteiger partial charge is 0.451 e. The van der Waals surface area contributed by atoms with Crippen molar-refractivity contribution in [2.75, 3.05) is 16.8 Å². The predicted octanol–water partition coefficient (Wildman–Crippen LogP) is 2.44. The summed E-state index contributed by atoms with van der Waals surface area (Å²) in [7, 11) is 0. The first-order valence-corrected chi connectivity index (χ1v) is 8.46. The highest BCUT2D eigenvalue weighted by Gasteiger charge is 2.37. The van der Waals surface area contributed by atoms with Crippen molar-refractivity contribution in [2.45, 2.75) is 13.0 Å². The minimum Gasteiger partial charge on any atom is -0.451 e. The molecule has 1 atom stereocenters. The lowest BCUT2D eigenvalue weighted by Crippen LogP contribution is -2.38. The van der Waals surface area contributed by atoms with E-state index in [1.165, 1.54) is 13.0 Å². The third-order valence-electron chi connectivity index (χ3n) is 3.96. The molecule has 8 heteroatoms. The number of benzene rings is 2. The van der Waals surface area contributed by atoms with Crippen molar-refractivity contribution >= 4 is 46.5 Å². The van der Waals surface area contributed by atoms with Crippen LogP contribution >= 0.6 is 11.6 Å². The van der Waals surface area contributed by atoms with Crippen LogP contribution in [-0.2, 0) is 19.1 Å². The molecule has 138 valence electrons. The predicted molar refractivity (Wildman–Crippen MR) is 98.8 cm³/mol. The maximum Gasteiger partial charge on any atom is 0.326 e. The molecular formula is C19H15ClN2O5. The number of ketones is 1. The summed E-state index contributed by atoms with van der Waals surface area (Å²) >= 11 is 5.78. The number of fused-ring (bicyclic) bond motifs is 1. The minimum atomic E-state index is -1.09. The fourth-order valence-electron chi connectivity index (χ4n) is 2.60. The fourth-order valence-corrected chi connectivity index (χ4v) is 2.73. The van der Waals surface area contributed by atoms with E-state index in [1.807, 2.05) is 0 Å². The second kappa shape index (κ2) is 7.59. The Morgan fingerprint density at radius 1 is 1.11 bits per heavy atom. The van der Waals surface area contributed by atoms with Crippen LogP contribution in [0.1, 0.15) is 17.3 Å². The van der Waals surface area contributed by atoms with Crippen molar-refractivity contribution in [2.24, 2.45) is 0 Å². The van der Waals surface area contributed by atoms with Gasteiger partial charge in [0.05, 0.1) is 11.3 Å². The number of carbonyl (C=O) groups excluding carboxylic acids is 4. The van der Waals surface area contributed by atoms with Crippen LogP contribution < -0.4 is 10.2 Å². The molecule has 7 nitrogen and oxygen atoms in total. The molecule has 1 aliphatic rings. The van der Waals surface area contributed by atoms with Crippen LogP contribution in [0.4, 0.5) is 11.4 Å². The van der Waals surface area contributed by atoms with Gasteiger partial charge in [-0.3, -0.25) is 24.1 Å². The quantitative estimate of drug-likeness (QED) is 0.629. The Kier molecular flexibility index (Phi) is 5.23. The second-order valence-electron chi connectivity index (χ2n) is 5.87. The Hall–Kier alpha value is -3.19. The number of rotatable bonds is 5. The van der Waals surface area contributed by atoms with Gasteiger partial charge in [-0.1, -0.05) is 23.7 Å². The number of anilines is 2. The zero-order chi connectivity index (χ0) is 19.6. The number of carbonyl (C=O) groups is 4. The van der Waals surface area contributed by atoms with Crippen LogP contribution in [-0.4, -0.2) is 36.2 Å². The van der Waals surface area contributed by atoms with E-state index in [2.05, 4.69) is 5.32 Å². The van der Waals surface area contributed by atoms with E-state index in [1.54, 1.807) is 42.5 Å². The van der Waals surface area contributed by atoms with Crippen LogP contribution in [0.3, 0.4) is 0 Å². The molecule has 3 rings (SSSR count). The summed E-state index contributed by atoms with van der Waals surface area (Å²) in [5.74, 6) is -2.81. The van der Waals surface area contributed by atoms with Gasteiger partial charge in [-0.15, -0.1) is 0 Å². The van der Waals surface area contributed by atoms with Crippen LogP contribution in [0.25, 0.3) is 0 Å². The van der Waals surface area contributed by atoms with Gasteiger partial charge in [-0.05, 0) is 43.3 Å². The topological polar surface area (TPSA) is 92.8 Å². The average molecular weight is 387 g/mol. The molecule has 0 aliphatic carbocycles. The number of esters is 1. The van der Waals surface area contributed by atoms with Gasteiger partial charge >= 0.3 is 5.97 Å². The molecule has 0 saturated heterocycles. The van der Waals surface area contributed by atoms with Crippen molar-refractivity contribution in [3.8, 4) is 0 Å². The Morgan fingerprint density at radius 2 is 1.78 bits per heavy atom. The van der Waals surface area contributed by atoms with Crippen molar-refractivity contribution in [3.05, 3.63) is 59.1 Å². The van der Waals surface area contributed by atoms with E-state index in [-0.39, 0.29) is 5.56 Å². The van der Waals surface area contributed by atoms with Gasteiger partial charge in [0.15, 0.2) is 6.10 Å². The number of amides is 2. The van der Waals surface area contributed by atoms with Crippen molar-refractivity contribution in [3.63, 3.8) is 0 Å². The molecule has 0 unspecified atom stereocenters. The van der Waals surface area contributed by atoms with Gasteiger partial charge in [0.2, 0.25) is 0 Å². The van der Waals surface area contributed by atoms with Gasteiger partial charge in [-0.25, -0.2) is 0 Å². The highest BCUT2D eigenvalue weighted by atomic mass is 35.5. The van der Waals surface area contributed by atoms with Gasteiger partial charge in [0.1, 0.15) is 6.54 Å². The first-order valence-electron chi connectivity index (χ1n) is 8.08. The lowest BCUT2D eigenvalue weighted by molar-refractivity contribution is -0.152. The number of ether oxygens (including phenoxy) is 1. The van der Waals surface area contributed by atoms with Crippen molar-refractivity contribution < 1.29 is 23.9 Å². The standard InChI is InChI=1S/C19H15ClN2O5/c1-11(18(25)21-13-8-6-12(20)7-9-13)27-16(23)10-22-15-5-3-2-4-14(15)17(24)19(22)26/h2-9,11H,10H2,1H3,(H,21,25)/t11-/m1/s1. The highest BCUT2D eigenvalue weighted by molar-refractivity contribution is 6.52. The van der Waals surface area contributed by atoms with Gasteiger partial charge in [0, 0.05) is 10.7 Å². The third-order valence-corrected chi connectivity index (χ3v) is 4.21. The molecule has 2 aromatic rings. The van der Waals surface area contributed by atoms with E-state index >= 15 is 0 Å². The summed E-state index contributed by atoms with van der Waals surface area (Å²) in [6, 6.07) is 12.8. The van der Waals surface area contributed by atoms with Crippen LogP contribution in [0.15, 0.2) is 48.5 Å². The molecule has 0 aromatic heterocycles. The van der Waals surface area contributed by atoms with Crippen molar-refractivity contribution in [1.82, 2.24) is 0 Å². The van der Waals surface area contributed by atoms with Crippen LogP contribution in [0.2, 0.25) is 5.02 Å². The molecule has 0 bridgehead atoms. The van der Waals surface area contributed by atoms with E-state index in [0.717, 1.165) is 4.90 Å². The molecule has 1 N–H and O–H groups in total. The molecule has 0 fully saturated rings. The Bertz CT molecular complexity index is 926. The number of Topliss-reactive ketones (excluding diaryl/α,β-unsaturated/α-hetero) is 1. The molecule has 0 saturated carbocycles. The number of hydrogen-bond acceptors (Lipinski definition) is 5. The summed E-state index contributed by atoms with van der Waals surface area (Å²) in [5, 5.41) is 3.12. The summed E-state index contributed by atoms with van der Waals surface area (Å²) in [6.07, 6.45) is -1.09. The monoisotopic (exact) mass is 386 g/mol. The maximum atomic E-state index is 12.1. The lowest BCUT2D eigenvalue weighted by Gasteiger charge is -2.18. The van der Waals surface area contributed by atoms with E-state index in [0.29, 0.717) is 16.4 Å². The molecule has 2 amide bonds. The molecule has 2 aromatic carbocycles. The van der Waals surface area contributed by atoms with Crippen LogP contribution in [0.5, 0.6) is 0 Å². The molecule has 1 aliphatic heterocycles. The molecule has 0 radical (unpaired) electrons. The summed E-state index contributed by atoms with van der Waals surface area (Å²) < 4.78 is 5.09. The van der Waals surface area contributed by atoms with Gasteiger partial charge in [0.25, 0.3) is 17.6 Å². The van der Waals surface area contributed by atoms with E-state index in [4.69, 9.17) is 16.3 Å². The average Bonchev–Trinajstić information content (AvgIpc) is 2.89. The first-order chi connectivity index (χ1) is 12.9. The molecule has 1 heterocycles. The smallest absolute Gasteiger partial charge is 0.326 e. The molecular weight excluding hydrogens is 372 g/mol. The summed E-state index contributed by atoms with van der Waals surface area (Å²) in [5.41, 5.74) is 1.09. The number of para-hydroxylation sites is 1. The van der Waals surface area contributed by atoms with Gasteiger partial charge < -0.3 is 10.1 Å². The Labute approximate surface area is 159 Å². The normalized spacial score (nSPS) is 13.9. The molecule has 0 spiro atoms. The number of nitrogens with one attached hydrogen (secondary N) is 1. The molecule has 27 heavy (non-hydrogen) atoms. The minimum absolute atomic E-state index is 0.240. The first kappa shape index (κ1) is 18.6. The second-order valence-corrected chi connectivity index (χ2v) is 6.30. The lowest BCUT2D eigenvalue weighted by atomic mass is 10.1. The van der Waals surface area contributed by atoms with E-state index < -0.39 is 36.2 Å². The Balaban J connectivity index is 1.60. The summed E-state index contributed by atoms with van der Waals surface area (Å²) in [4.78, 5) is 49.3. The Morgan fingerprint density at radius 3 is 2.48 bits per heavy atom. The van der Waals surface area contributed by atoms with Gasteiger partial charge in [-0.2, -0.15) is 0 Å². The van der Waals surface area contributed by atoms with Crippen LogP contribution in [0, 0.1) is 0 Å². The fraction of sp³-hybridized carbons (Fsp3) is 0.158. The zero-order valence-electron chi connectivity index (χ0n) is 14.3. The number of nitrogens with zero attached hydrogens (tertiary/aromatic N) is 1. The maximum absolute atomic E-state index is 12.1.